The van der Waals surface area contributed by atoms with Gasteiger partial charge in [0.15, 0.2) is 0 Å². The summed E-state index contributed by atoms with van der Waals surface area (Å²) in [6, 6.07) is 23.2. The maximum absolute atomic E-state index is 5.89. The molecular weight excluding hydrogens is 549 g/mol. The van der Waals surface area contributed by atoms with Gasteiger partial charge in [-0.15, -0.1) is 0 Å². The van der Waals surface area contributed by atoms with Crippen molar-refractivity contribution in [1.82, 2.24) is 0 Å². The van der Waals surface area contributed by atoms with E-state index in [1.165, 1.54) is 0 Å². The van der Waals surface area contributed by atoms with Crippen molar-refractivity contribution >= 4 is 62.1 Å². The van der Waals surface area contributed by atoms with Crippen LogP contribution in [0.25, 0.3) is 0 Å². The van der Waals surface area contributed by atoms with Crippen molar-refractivity contribution in [3.63, 3.8) is 0 Å². The molecule has 0 bridgehead atoms. The van der Waals surface area contributed by atoms with Crippen LogP contribution in [0, 0.1) is 0 Å². The predicted octanol–water partition coefficient (Wildman–Crippen LogP) is 3.65. The van der Waals surface area contributed by atoms with Crippen molar-refractivity contribution in [2.45, 2.75) is 9.88 Å². The molecular formula is C20H18O2Se2Sn. The Labute approximate surface area is 176 Å². The molecule has 0 aliphatic heterocycles. The van der Waals surface area contributed by atoms with Crippen LogP contribution in [-0.2, 0) is 0 Å². The van der Waals surface area contributed by atoms with Gasteiger partial charge in [0, 0.05) is 0 Å². The topological polar surface area (TPSA) is 18.5 Å². The van der Waals surface area contributed by atoms with Crippen LogP contribution >= 0.6 is 0 Å². The van der Waals surface area contributed by atoms with Crippen LogP contribution in [0.15, 0.2) is 72.8 Å². The van der Waals surface area contributed by atoms with Crippen LogP contribution in [0.3, 0.4) is 0 Å². The van der Waals surface area contributed by atoms with E-state index in [2.05, 4.69) is 41.9 Å². The van der Waals surface area contributed by atoms with Crippen LogP contribution < -0.4 is 18.4 Å². The fourth-order valence-electron chi connectivity index (χ4n) is 1.92. The van der Waals surface area contributed by atoms with E-state index in [9.17, 15) is 0 Å². The Bertz CT molecular complexity index is 714. The Morgan fingerprint density at radius 1 is 0.600 bits per heavy atom. The Balaban J connectivity index is 0.000000701. The third kappa shape index (κ3) is 6.39. The summed E-state index contributed by atoms with van der Waals surface area (Å²) in [5.74, 6) is 3.13. The molecule has 0 saturated carbocycles. The molecule has 0 amide bonds. The minimum atomic E-state index is 0.230. The zero-order valence-corrected chi connectivity index (χ0v) is 20.3. The minimum absolute atomic E-state index is 0.230. The Hall–Kier alpha value is -0.902. The van der Waals surface area contributed by atoms with Gasteiger partial charge in [-0.2, -0.15) is 0 Å². The predicted molar refractivity (Wildman–Crippen MR) is 108 cm³/mol. The molecule has 5 heteroatoms. The molecule has 0 N–H and O–H groups in total. The summed E-state index contributed by atoms with van der Waals surface area (Å²) in [6.45, 7) is 0. The van der Waals surface area contributed by atoms with Gasteiger partial charge in [0.1, 0.15) is 0 Å². The van der Waals surface area contributed by atoms with E-state index in [0.717, 1.165) is 31.9 Å². The molecule has 0 aromatic heterocycles. The molecule has 2 nitrogen and oxygen atoms in total. The number of benzene rings is 3. The number of para-hydroxylation sites is 2. The molecule has 0 spiro atoms. The summed E-state index contributed by atoms with van der Waals surface area (Å²) in [4.78, 5) is 4.59. The summed E-state index contributed by atoms with van der Waals surface area (Å²) in [5.41, 5.74) is 0. The van der Waals surface area contributed by atoms with Crippen molar-refractivity contribution < 1.29 is 9.47 Å². The quantitative estimate of drug-likeness (QED) is 0.449. The van der Waals surface area contributed by atoms with Gasteiger partial charge in [0.25, 0.3) is 0 Å². The first-order valence-electron chi connectivity index (χ1n) is 7.71. The summed E-state index contributed by atoms with van der Waals surface area (Å²) in [6.07, 6.45) is 0. The fourth-order valence-corrected chi connectivity index (χ4v) is 2.80. The maximum atomic E-state index is 5.89. The number of hydrogen-bond donors (Lipinski definition) is 0. The van der Waals surface area contributed by atoms with Gasteiger partial charge in [-0.05, 0) is 0 Å². The zero-order chi connectivity index (χ0) is 18.1. The van der Waals surface area contributed by atoms with E-state index in [-0.39, 0.29) is 21.1 Å². The van der Waals surface area contributed by atoms with Crippen molar-refractivity contribution in [3.05, 3.63) is 72.8 Å². The van der Waals surface area contributed by atoms with E-state index in [4.69, 9.17) is 9.47 Å². The molecule has 126 valence electrons. The molecule has 0 fully saturated rings. The second-order valence-corrected chi connectivity index (χ2v) is 9.62. The average Bonchev–Trinajstić information content (AvgIpc) is 2.64. The van der Waals surface area contributed by atoms with Crippen molar-refractivity contribution in [1.29, 1.82) is 0 Å². The van der Waals surface area contributed by atoms with Gasteiger partial charge >= 0.3 is 177 Å². The van der Waals surface area contributed by atoms with Crippen LogP contribution in [0.1, 0.15) is 0 Å². The Morgan fingerprint density at radius 3 is 1.24 bits per heavy atom. The summed E-state index contributed by atoms with van der Waals surface area (Å²) < 4.78 is 13.6. The van der Waals surface area contributed by atoms with E-state index in [0.29, 0.717) is 0 Å². The molecule has 4 radical (unpaired) electrons. The third-order valence-corrected chi connectivity index (χ3v) is 5.34. The summed E-state index contributed by atoms with van der Waals surface area (Å²) in [7, 11) is 0. The molecule has 3 rings (SSSR count). The monoisotopic (exact) mass is 570 g/mol. The Kier molecular flexibility index (Phi) is 8.94. The van der Waals surface area contributed by atoms with Crippen LogP contribution in [0.4, 0.5) is 0 Å². The van der Waals surface area contributed by atoms with Gasteiger partial charge in [0.2, 0.25) is 0 Å². The molecule has 0 unspecified atom stereocenters. The second kappa shape index (κ2) is 10.9. The average molecular weight is 567 g/mol. The number of rotatable bonds is 4. The molecule has 0 aliphatic carbocycles. The van der Waals surface area contributed by atoms with Crippen LogP contribution in [-0.4, -0.2) is 53.2 Å². The van der Waals surface area contributed by atoms with Gasteiger partial charge in [-0.3, -0.25) is 0 Å². The first kappa shape index (κ1) is 20.4. The Morgan fingerprint density at radius 2 is 0.920 bits per heavy atom. The van der Waals surface area contributed by atoms with Gasteiger partial charge < -0.3 is 0 Å². The molecule has 0 aliphatic rings. The SMILES string of the molecule is [CH3][Sn][CH3].[Se]c1c(Oc2ccccc2)ccc(Oc2ccccc2)c1[Se]. The molecule has 0 atom stereocenters. The summed E-state index contributed by atoms with van der Waals surface area (Å²) in [5, 5.41) is 0. The van der Waals surface area contributed by atoms with Crippen molar-refractivity contribution in [2.24, 2.45) is 0 Å². The van der Waals surface area contributed by atoms with Gasteiger partial charge in [-0.1, -0.05) is 0 Å². The first-order valence-corrected chi connectivity index (χ1v) is 15.1. The molecule has 0 saturated heterocycles. The van der Waals surface area contributed by atoms with Gasteiger partial charge in [-0.25, -0.2) is 0 Å². The second-order valence-electron chi connectivity index (χ2n) is 5.05. The first-order chi connectivity index (χ1) is 12.2. The van der Waals surface area contributed by atoms with Crippen LogP contribution in [0.5, 0.6) is 23.0 Å². The van der Waals surface area contributed by atoms with E-state index < -0.39 is 0 Å². The number of ether oxygens (including phenoxy) is 2. The number of hydrogen-bond acceptors (Lipinski definition) is 2. The van der Waals surface area contributed by atoms with E-state index >= 15 is 0 Å². The molecule has 25 heavy (non-hydrogen) atoms. The molecule has 3 aromatic carbocycles. The normalized spacial score (nSPS) is 9.68. The fraction of sp³-hybridized carbons (Fsp3) is 0.100. The van der Waals surface area contributed by atoms with E-state index in [1.807, 2.05) is 72.8 Å². The van der Waals surface area contributed by atoms with Crippen LogP contribution in [0.2, 0.25) is 9.88 Å². The van der Waals surface area contributed by atoms with Crippen molar-refractivity contribution in [3.8, 4) is 23.0 Å². The van der Waals surface area contributed by atoms with Gasteiger partial charge in [0.05, 0.1) is 0 Å². The molecule has 3 aromatic rings. The standard InChI is InChI=1S/C18H12O2Se2.2CH3.Sn/c21-17-15(19-13-7-3-1-4-8-13)11-12-16(18(17)22)20-14-9-5-2-6-10-14;;;/h1-12H;2*1H3;. The van der Waals surface area contributed by atoms with Crippen molar-refractivity contribution in [2.75, 3.05) is 0 Å². The summed E-state index contributed by atoms with van der Waals surface area (Å²) >= 11 is 6.33. The zero-order valence-electron chi connectivity index (χ0n) is 14.1. The van der Waals surface area contributed by atoms with E-state index in [1.54, 1.807) is 0 Å². The molecule has 0 heterocycles. The third-order valence-electron chi connectivity index (χ3n) is 2.98.